The molecule has 3 aliphatic rings. The number of benzene rings is 2. The molecule has 3 amide bonds. The van der Waals surface area contributed by atoms with Gasteiger partial charge >= 0.3 is 12.4 Å². The van der Waals surface area contributed by atoms with Crippen molar-refractivity contribution in [3.05, 3.63) is 65.9 Å². The van der Waals surface area contributed by atoms with Crippen molar-refractivity contribution in [1.29, 1.82) is 0 Å². The number of hydrogen-bond acceptors (Lipinski definition) is 7. The number of urea groups is 1. The van der Waals surface area contributed by atoms with Crippen molar-refractivity contribution in [1.82, 2.24) is 10.5 Å². The molecule has 3 atom stereocenters. The van der Waals surface area contributed by atoms with Crippen LogP contribution in [0.5, 0.6) is 23.0 Å². The van der Waals surface area contributed by atoms with Crippen LogP contribution in [-0.2, 0) is 16.1 Å². The van der Waals surface area contributed by atoms with Gasteiger partial charge in [0.1, 0.15) is 41.0 Å². The summed E-state index contributed by atoms with van der Waals surface area (Å²) in [6, 6.07) is 11.2. The zero-order valence-electron chi connectivity index (χ0n) is 19.4. The summed E-state index contributed by atoms with van der Waals surface area (Å²) in [7, 11) is 0. The zero-order valence-corrected chi connectivity index (χ0v) is 19.4. The van der Waals surface area contributed by atoms with Crippen molar-refractivity contribution in [2.75, 3.05) is 10.6 Å². The molecule has 38 heavy (non-hydrogen) atoms. The molecule has 2 aliphatic heterocycles. The highest BCUT2D eigenvalue weighted by molar-refractivity contribution is 5.93. The van der Waals surface area contributed by atoms with Crippen molar-refractivity contribution < 1.29 is 41.8 Å². The monoisotopic (exact) mass is 528 g/mol. The molecule has 2 aromatic carbocycles. The Balaban J connectivity index is 1.06. The van der Waals surface area contributed by atoms with Crippen molar-refractivity contribution in [3.8, 4) is 23.0 Å². The van der Waals surface area contributed by atoms with Crippen LogP contribution in [0.4, 0.5) is 29.5 Å². The SMILES string of the molecule is O=C1CCc2c(Oc3ccc4c(c3)C3C(ONC(=O)Nc5cccc(OC(F)(F)F)c5)C3O4)ccnc2N1. The lowest BCUT2D eigenvalue weighted by molar-refractivity contribution is -0.274. The van der Waals surface area contributed by atoms with E-state index in [4.69, 9.17) is 14.3 Å². The van der Waals surface area contributed by atoms with Gasteiger partial charge in [-0.15, -0.1) is 13.2 Å². The molecule has 196 valence electrons. The highest BCUT2D eigenvalue weighted by atomic mass is 19.4. The summed E-state index contributed by atoms with van der Waals surface area (Å²) < 4.78 is 53.0. The number of hydrogen-bond donors (Lipinski definition) is 3. The van der Waals surface area contributed by atoms with Gasteiger partial charge < -0.3 is 24.8 Å². The number of aromatic nitrogens is 1. The Kier molecular flexibility index (Phi) is 5.71. The number of alkyl halides is 3. The van der Waals surface area contributed by atoms with Gasteiger partial charge in [0, 0.05) is 35.5 Å². The number of nitrogens with one attached hydrogen (secondary N) is 3. The lowest BCUT2D eigenvalue weighted by atomic mass is 10.1. The molecule has 13 heteroatoms. The zero-order chi connectivity index (χ0) is 26.4. The number of carbonyl (C=O) groups is 2. The molecule has 0 radical (unpaired) electrons. The molecule has 1 saturated carbocycles. The molecule has 3 N–H and O–H groups in total. The van der Waals surface area contributed by atoms with Gasteiger partial charge in [-0.25, -0.2) is 15.3 Å². The summed E-state index contributed by atoms with van der Waals surface area (Å²) in [5.74, 6) is 1.64. The van der Waals surface area contributed by atoms with Gasteiger partial charge in [0.2, 0.25) is 5.91 Å². The minimum absolute atomic E-state index is 0.0880. The molecule has 3 aromatic rings. The van der Waals surface area contributed by atoms with Crippen LogP contribution < -0.4 is 30.3 Å². The van der Waals surface area contributed by atoms with Gasteiger partial charge in [0.25, 0.3) is 0 Å². The predicted molar refractivity (Wildman–Crippen MR) is 125 cm³/mol. The van der Waals surface area contributed by atoms with Crippen LogP contribution in [0.3, 0.4) is 0 Å². The van der Waals surface area contributed by atoms with Gasteiger partial charge in [-0.3, -0.25) is 9.63 Å². The summed E-state index contributed by atoms with van der Waals surface area (Å²) in [4.78, 5) is 33.5. The van der Waals surface area contributed by atoms with E-state index < -0.39 is 24.2 Å². The van der Waals surface area contributed by atoms with E-state index in [1.54, 1.807) is 24.4 Å². The minimum Gasteiger partial charge on any atom is -0.487 e. The predicted octanol–water partition coefficient (Wildman–Crippen LogP) is 4.64. The summed E-state index contributed by atoms with van der Waals surface area (Å²) in [5.41, 5.74) is 4.01. The standard InChI is InChI=1S/C25H19F3N4O6/c26-25(27,28)37-14-3-1-2-12(10-14)30-24(34)32-38-22-20-16-11-13(4-6-17(16)36-21(20)22)35-18-8-9-29-23-15(18)5-7-19(33)31-23/h1-4,6,8-11,20-22H,5,7H2,(H,29,31,33)(H2,30,32,34). The Labute approximate surface area is 213 Å². The third kappa shape index (κ3) is 4.87. The molecule has 1 fully saturated rings. The molecule has 1 aliphatic carbocycles. The highest BCUT2D eigenvalue weighted by Crippen LogP contribution is 2.55. The fourth-order valence-electron chi connectivity index (χ4n) is 4.52. The first-order valence-corrected chi connectivity index (χ1v) is 11.6. The van der Waals surface area contributed by atoms with Gasteiger partial charge in [0.05, 0.1) is 5.92 Å². The topological polar surface area (TPSA) is 120 Å². The lowest BCUT2D eigenvalue weighted by Crippen LogP contribution is -2.31. The fraction of sp³-hybridized carbons (Fsp3) is 0.240. The van der Waals surface area contributed by atoms with E-state index in [9.17, 15) is 22.8 Å². The van der Waals surface area contributed by atoms with Gasteiger partial charge in [-0.05, 0) is 42.8 Å². The second kappa shape index (κ2) is 9.10. The molecular formula is C25H19F3N4O6. The third-order valence-corrected chi connectivity index (χ3v) is 6.21. The first-order valence-electron chi connectivity index (χ1n) is 11.6. The Morgan fingerprint density at radius 1 is 1.11 bits per heavy atom. The molecule has 3 heterocycles. The van der Waals surface area contributed by atoms with Crippen molar-refractivity contribution in [3.63, 3.8) is 0 Å². The van der Waals surface area contributed by atoms with Crippen molar-refractivity contribution in [2.24, 2.45) is 0 Å². The number of hydroxylamine groups is 1. The normalized spacial score (nSPS) is 20.7. The van der Waals surface area contributed by atoms with Crippen LogP contribution in [0.2, 0.25) is 0 Å². The minimum atomic E-state index is -4.84. The number of anilines is 2. The number of ether oxygens (including phenoxy) is 3. The summed E-state index contributed by atoms with van der Waals surface area (Å²) in [6.45, 7) is 0. The van der Waals surface area contributed by atoms with Crippen LogP contribution >= 0.6 is 0 Å². The summed E-state index contributed by atoms with van der Waals surface area (Å²) in [5, 5.41) is 5.13. The number of nitrogens with zero attached hydrogens (tertiary/aromatic N) is 1. The maximum Gasteiger partial charge on any atom is 0.573 e. The van der Waals surface area contributed by atoms with E-state index in [0.717, 1.165) is 23.3 Å². The first-order chi connectivity index (χ1) is 18.2. The average molecular weight is 528 g/mol. The van der Waals surface area contributed by atoms with Crippen LogP contribution in [0.15, 0.2) is 54.7 Å². The highest BCUT2D eigenvalue weighted by Gasteiger charge is 2.61. The van der Waals surface area contributed by atoms with Crippen molar-refractivity contribution >= 4 is 23.4 Å². The molecule has 1 aromatic heterocycles. The molecule has 0 spiro atoms. The largest absolute Gasteiger partial charge is 0.573 e. The third-order valence-electron chi connectivity index (χ3n) is 6.21. The van der Waals surface area contributed by atoms with Crippen LogP contribution in [0, 0.1) is 0 Å². The van der Waals surface area contributed by atoms with Gasteiger partial charge in [-0.1, -0.05) is 6.07 Å². The van der Waals surface area contributed by atoms with Crippen LogP contribution in [0.25, 0.3) is 0 Å². The number of amides is 3. The molecule has 0 saturated heterocycles. The second-order valence-corrected chi connectivity index (χ2v) is 8.81. The van der Waals surface area contributed by atoms with E-state index >= 15 is 0 Å². The molecule has 10 nitrogen and oxygen atoms in total. The van der Waals surface area contributed by atoms with E-state index in [-0.39, 0.29) is 23.6 Å². The van der Waals surface area contributed by atoms with E-state index in [2.05, 4.69) is 25.8 Å². The molecule has 3 unspecified atom stereocenters. The molecular weight excluding hydrogens is 509 g/mol. The Morgan fingerprint density at radius 2 is 1.97 bits per heavy atom. The van der Waals surface area contributed by atoms with Gasteiger partial charge in [-0.2, -0.15) is 0 Å². The van der Waals surface area contributed by atoms with E-state index in [1.807, 2.05) is 6.07 Å². The van der Waals surface area contributed by atoms with E-state index in [0.29, 0.717) is 35.9 Å². The Morgan fingerprint density at radius 3 is 2.82 bits per heavy atom. The smallest absolute Gasteiger partial charge is 0.487 e. The number of carbonyl (C=O) groups excluding carboxylic acids is 2. The van der Waals surface area contributed by atoms with Crippen molar-refractivity contribution in [2.45, 2.75) is 37.3 Å². The Hall–Kier alpha value is -4.52. The quantitative estimate of drug-likeness (QED) is 0.399. The fourth-order valence-corrected chi connectivity index (χ4v) is 4.52. The molecule has 0 bridgehead atoms. The lowest BCUT2D eigenvalue weighted by Gasteiger charge is -2.19. The van der Waals surface area contributed by atoms with Crippen LogP contribution in [-0.4, -0.2) is 35.5 Å². The maximum atomic E-state index is 12.4. The average Bonchev–Trinajstić information content (AvgIpc) is 3.41. The number of pyridine rings is 1. The van der Waals surface area contributed by atoms with Crippen LogP contribution in [0.1, 0.15) is 23.5 Å². The summed E-state index contributed by atoms with van der Waals surface area (Å²) >= 11 is 0. The maximum absolute atomic E-state index is 12.4. The molecule has 6 rings (SSSR count). The number of rotatable bonds is 6. The first kappa shape index (κ1) is 23.9. The Bertz CT molecular complexity index is 1430. The number of fused-ring (bicyclic) bond motifs is 4. The summed E-state index contributed by atoms with van der Waals surface area (Å²) in [6.07, 6.45) is -3.16. The van der Waals surface area contributed by atoms with Gasteiger partial charge in [0.15, 0.2) is 0 Å². The second-order valence-electron chi connectivity index (χ2n) is 8.81. The van der Waals surface area contributed by atoms with E-state index in [1.165, 1.54) is 12.1 Å². The number of halogens is 3.